The summed E-state index contributed by atoms with van der Waals surface area (Å²) in [6.45, 7) is 5.78. The largest absolute Gasteiger partial charge is 0.454 e. The molecule has 0 aromatic heterocycles. The van der Waals surface area contributed by atoms with Crippen LogP contribution in [0.25, 0.3) is 0 Å². The van der Waals surface area contributed by atoms with Crippen molar-refractivity contribution < 1.29 is 19.1 Å². The molecule has 2 aromatic carbocycles. The number of fused-ring (bicyclic) bond motifs is 1. The van der Waals surface area contributed by atoms with Gasteiger partial charge in [0.2, 0.25) is 12.7 Å². The third-order valence-electron chi connectivity index (χ3n) is 4.04. The van der Waals surface area contributed by atoms with Crippen molar-refractivity contribution in [2.24, 2.45) is 0 Å². The van der Waals surface area contributed by atoms with Crippen LogP contribution in [0.15, 0.2) is 24.3 Å². The van der Waals surface area contributed by atoms with Crippen molar-refractivity contribution in [2.45, 2.75) is 20.8 Å². The second-order valence-electron chi connectivity index (χ2n) is 6.20. The van der Waals surface area contributed by atoms with Gasteiger partial charge in [0.25, 0.3) is 5.91 Å². The summed E-state index contributed by atoms with van der Waals surface area (Å²) >= 11 is 6.07. The van der Waals surface area contributed by atoms with Crippen molar-refractivity contribution >= 4 is 29.1 Å². The fourth-order valence-electron chi connectivity index (χ4n) is 2.92. The molecule has 1 aliphatic rings. The molecule has 0 saturated heterocycles. The molecule has 0 radical (unpaired) electrons. The van der Waals surface area contributed by atoms with Crippen molar-refractivity contribution in [1.29, 1.82) is 0 Å². The summed E-state index contributed by atoms with van der Waals surface area (Å²) in [6.07, 6.45) is 0. The number of carbonyl (C=O) groups excluding carboxylic acids is 2. The molecule has 0 bridgehead atoms. The maximum atomic E-state index is 12.3. The number of hydrogen-bond donors (Lipinski definition) is 2. The Labute approximate surface area is 156 Å². The summed E-state index contributed by atoms with van der Waals surface area (Å²) in [5.41, 5.74) is 4.15. The number of nitrogens with one attached hydrogen (secondary N) is 2. The van der Waals surface area contributed by atoms with Gasteiger partial charge in [-0.1, -0.05) is 29.3 Å². The molecule has 136 valence electrons. The van der Waals surface area contributed by atoms with Gasteiger partial charge in [0.05, 0.1) is 11.6 Å². The van der Waals surface area contributed by atoms with Gasteiger partial charge in [-0.2, -0.15) is 0 Å². The lowest BCUT2D eigenvalue weighted by atomic mass is 10.1. The number of hydrogen-bond acceptors (Lipinski definition) is 4. The minimum Gasteiger partial charge on any atom is -0.454 e. The number of aryl methyl sites for hydroxylation is 3. The monoisotopic (exact) mass is 374 g/mol. The van der Waals surface area contributed by atoms with E-state index in [1.807, 2.05) is 32.9 Å². The van der Waals surface area contributed by atoms with E-state index in [1.165, 1.54) is 12.1 Å². The maximum absolute atomic E-state index is 12.3. The molecule has 6 nitrogen and oxygen atoms in total. The van der Waals surface area contributed by atoms with Crippen molar-refractivity contribution in [3.05, 3.63) is 51.5 Å². The summed E-state index contributed by atoms with van der Waals surface area (Å²) in [5.74, 6) is 0.113. The highest BCUT2D eigenvalue weighted by Gasteiger charge is 2.21. The van der Waals surface area contributed by atoms with Crippen LogP contribution >= 0.6 is 11.6 Å². The summed E-state index contributed by atoms with van der Waals surface area (Å²) in [5, 5.41) is 5.71. The Bertz CT molecular complexity index is 872. The van der Waals surface area contributed by atoms with Gasteiger partial charge in [0.1, 0.15) is 0 Å². The summed E-state index contributed by atoms with van der Waals surface area (Å²) < 4.78 is 10.5. The Morgan fingerprint density at radius 3 is 2.46 bits per heavy atom. The SMILES string of the molecule is Cc1cc(C)c(NC(=O)CNC(=O)c2cc(Cl)c3c(c2)OCO3)c(C)c1. The lowest BCUT2D eigenvalue weighted by Gasteiger charge is -2.13. The summed E-state index contributed by atoms with van der Waals surface area (Å²) in [4.78, 5) is 24.5. The van der Waals surface area contributed by atoms with E-state index in [4.69, 9.17) is 21.1 Å². The molecule has 0 spiro atoms. The van der Waals surface area contributed by atoms with E-state index in [0.29, 0.717) is 22.1 Å². The number of benzene rings is 2. The zero-order valence-corrected chi connectivity index (χ0v) is 15.5. The van der Waals surface area contributed by atoms with Crippen molar-refractivity contribution in [3.63, 3.8) is 0 Å². The van der Waals surface area contributed by atoms with Crippen LogP contribution in [0.4, 0.5) is 5.69 Å². The molecule has 2 amide bonds. The number of halogens is 1. The highest BCUT2D eigenvalue weighted by atomic mass is 35.5. The molecule has 0 atom stereocenters. The molecule has 3 rings (SSSR count). The van der Waals surface area contributed by atoms with Crippen LogP contribution in [0.1, 0.15) is 27.0 Å². The molecule has 0 saturated carbocycles. The van der Waals surface area contributed by atoms with E-state index in [2.05, 4.69) is 10.6 Å². The molecule has 1 heterocycles. The van der Waals surface area contributed by atoms with Gasteiger partial charge in [0, 0.05) is 11.3 Å². The lowest BCUT2D eigenvalue weighted by Crippen LogP contribution is -2.33. The second-order valence-corrected chi connectivity index (χ2v) is 6.60. The highest BCUT2D eigenvalue weighted by molar-refractivity contribution is 6.32. The first kappa shape index (κ1) is 18.1. The Morgan fingerprint density at radius 2 is 1.77 bits per heavy atom. The van der Waals surface area contributed by atoms with E-state index in [9.17, 15) is 9.59 Å². The molecule has 0 fully saturated rings. The lowest BCUT2D eigenvalue weighted by molar-refractivity contribution is -0.115. The molecule has 0 aliphatic carbocycles. The van der Waals surface area contributed by atoms with Gasteiger partial charge < -0.3 is 20.1 Å². The Morgan fingerprint density at radius 1 is 1.08 bits per heavy atom. The first-order valence-electron chi connectivity index (χ1n) is 8.10. The average Bonchev–Trinajstić information content (AvgIpc) is 3.05. The molecular weight excluding hydrogens is 356 g/mol. The minimum atomic E-state index is -0.419. The number of carbonyl (C=O) groups is 2. The van der Waals surface area contributed by atoms with Gasteiger partial charge >= 0.3 is 0 Å². The number of anilines is 1. The Kier molecular flexibility index (Phi) is 5.04. The van der Waals surface area contributed by atoms with Crippen LogP contribution in [-0.4, -0.2) is 25.2 Å². The van der Waals surface area contributed by atoms with Crippen LogP contribution in [0, 0.1) is 20.8 Å². The van der Waals surface area contributed by atoms with Gasteiger partial charge in [-0.25, -0.2) is 0 Å². The van der Waals surface area contributed by atoms with Crippen molar-refractivity contribution in [3.8, 4) is 11.5 Å². The zero-order chi connectivity index (χ0) is 18.8. The first-order chi connectivity index (χ1) is 12.3. The topological polar surface area (TPSA) is 76.7 Å². The maximum Gasteiger partial charge on any atom is 0.251 e. The van der Waals surface area contributed by atoms with Crippen molar-refractivity contribution in [2.75, 3.05) is 18.7 Å². The third kappa shape index (κ3) is 3.75. The zero-order valence-electron chi connectivity index (χ0n) is 14.7. The van der Waals surface area contributed by atoms with Gasteiger partial charge in [-0.05, 0) is 44.0 Å². The van der Waals surface area contributed by atoms with Gasteiger partial charge in [0.15, 0.2) is 11.5 Å². The highest BCUT2D eigenvalue weighted by Crippen LogP contribution is 2.39. The molecule has 2 aromatic rings. The number of rotatable bonds is 4. The molecule has 0 unspecified atom stereocenters. The molecule has 7 heteroatoms. The van der Waals surface area contributed by atoms with E-state index < -0.39 is 5.91 Å². The van der Waals surface area contributed by atoms with Crippen LogP contribution in [0.2, 0.25) is 5.02 Å². The fraction of sp³-hybridized carbons (Fsp3) is 0.263. The van der Waals surface area contributed by atoms with Crippen LogP contribution in [0.3, 0.4) is 0 Å². The normalized spacial score (nSPS) is 12.0. The quantitative estimate of drug-likeness (QED) is 0.860. The second kappa shape index (κ2) is 7.25. The summed E-state index contributed by atoms with van der Waals surface area (Å²) in [7, 11) is 0. The van der Waals surface area contributed by atoms with E-state index in [0.717, 1.165) is 22.4 Å². The Balaban J connectivity index is 1.63. The first-order valence-corrected chi connectivity index (χ1v) is 8.48. The van der Waals surface area contributed by atoms with E-state index in [-0.39, 0.29) is 19.2 Å². The number of amides is 2. The van der Waals surface area contributed by atoms with E-state index >= 15 is 0 Å². The average molecular weight is 375 g/mol. The summed E-state index contributed by atoms with van der Waals surface area (Å²) in [6, 6.07) is 7.01. The predicted molar refractivity (Wildman–Crippen MR) is 99.2 cm³/mol. The van der Waals surface area contributed by atoms with E-state index in [1.54, 1.807) is 0 Å². The molecular formula is C19H19ClN2O4. The minimum absolute atomic E-state index is 0.0672. The van der Waals surface area contributed by atoms with Crippen LogP contribution in [0.5, 0.6) is 11.5 Å². The Hall–Kier alpha value is -2.73. The van der Waals surface area contributed by atoms with Crippen molar-refractivity contribution in [1.82, 2.24) is 5.32 Å². The van der Waals surface area contributed by atoms with Crippen LogP contribution in [-0.2, 0) is 4.79 Å². The smallest absolute Gasteiger partial charge is 0.251 e. The third-order valence-corrected chi connectivity index (χ3v) is 4.32. The predicted octanol–water partition coefficient (Wildman–Crippen LogP) is 3.36. The van der Waals surface area contributed by atoms with Gasteiger partial charge in [-0.3, -0.25) is 9.59 Å². The molecule has 2 N–H and O–H groups in total. The molecule has 26 heavy (non-hydrogen) atoms. The number of ether oxygens (including phenoxy) is 2. The van der Waals surface area contributed by atoms with Gasteiger partial charge in [-0.15, -0.1) is 0 Å². The van der Waals surface area contributed by atoms with Crippen LogP contribution < -0.4 is 20.1 Å². The standard InChI is InChI=1S/C19H19ClN2O4/c1-10-4-11(2)17(12(3)5-10)22-16(23)8-21-19(24)13-6-14(20)18-15(7-13)25-9-26-18/h4-7H,8-9H2,1-3H3,(H,21,24)(H,22,23). The fourth-order valence-corrected chi connectivity index (χ4v) is 3.19. The molecule has 1 aliphatic heterocycles.